The Morgan fingerprint density at radius 2 is 1.74 bits per heavy atom. The molecule has 0 heterocycles. The fourth-order valence-corrected chi connectivity index (χ4v) is 2.70. The molecule has 27 heavy (non-hydrogen) atoms. The quantitative estimate of drug-likeness (QED) is 0.694. The summed E-state index contributed by atoms with van der Waals surface area (Å²) in [5.41, 5.74) is 2.91. The fraction of sp³-hybridized carbons (Fsp3) is 0.364. The van der Waals surface area contributed by atoms with Crippen LogP contribution >= 0.6 is 0 Å². The monoisotopic (exact) mass is 369 g/mol. The number of rotatable bonds is 8. The number of ether oxygens (including phenoxy) is 2. The van der Waals surface area contributed by atoms with Crippen LogP contribution in [0.3, 0.4) is 0 Å². The van der Waals surface area contributed by atoms with Crippen LogP contribution in [0.15, 0.2) is 42.5 Å². The fourth-order valence-electron chi connectivity index (χ4n) is 2.70. The molecule has 1 N–H and O–H groups in total. The Kier molecular flexibility index (Phi) is 7.41. The van der Waals surface area contributed by atoms with Crippen LogP contribution in [0.1, 0.15) is 48.7 Å². The van der Waals surface area contributed by atoms with E-state index >= 15 is 0 Å². The lowest BCUT2D eigenvalue weighted by Gasteiger charge is -2.19. The van der Waals surface area contributed by atoms with Crippen molar-refractivity contribution in [2.75, 3.05) is 11.9 Å². The van der Waals surface area contributed by atoms with Gasteiger partial charge in [-0.1, -0.05) is 32.0 Å². The molecular weight excluding hydrogens is 342 g/mol. The van der Waals surface area contributed by atoms with Gasteiger partial charge in [0.2, 0.25) is 0 Å². The molecule has 0 unspecified atom stereocenters. The molecule has 0 aromatic heterocycles. The summed E-state index contributed by atoms with van der Waals surface area (Å²) < 4.78 is 10.9. The third kappa shape index (κ3) is 5.33. The molecule has 144 valence electrons. The normalized spacial score (nSPS) is 11.6. The van der Waals surface area contributed by atoms with Crippen LogP contribution in [-0.4, -0.2) is 24.6 Å². The van der Waals surface area contributed by atoms with E-state index in [0.29, 0.717) is 35.6 Å². The van der Waals surface area contributed by atoms with E-state index < -0.39 is 12.1 Å². The van der Waals surface area contributed by atoms with E-state index in [0.717, 1.165) is 6.42 Å². The summed E-state index contributed by atoms with van der Waals surface area (Å²) in [6, 6.07) is 12.9. The second kappa shape index (κ2) is 9.76. The molecule has 0 saturated carbocycles. The summed E-state index contributed by atoms with van der Waals surface area (Å²) in [5, 5.41) is 2.87. The van der Waals surface area contributed by atoms with Crippen LogP contribution in [0.25, 0.3) is 0 Å². The first kappa shape index (κ1) is 20.5. The molecule has 0 radical (unpaired) electrons. The lowest BCUT2D eigenvalue weighted by molar-refractivity contribution is -0.122. The Morgan fingerprint density at radius 3 is 2.33 bits per heavy atom. The second-order valence-corrected chi connectivity index (χ2v) is 6.20. The molecule has 0 fully saturated rings. The second-order valence-electron chi connectivity index (χ2n) is 6.20. The number of carbonyl (C=O) groups is 2. The number of nitrogens with one attached hydrogen (secondary N) is 1. The van der Waals surface area contributed by atoms with Crippen LogP contribution in [0, 0.1) is 6.92 Å². The Hall–Kier alpha value is -2.82. The van der Waals surface area contributed by atoms with E-state index in [-0.39, 0.29) is 5.91 Å². The maximum Gasteiger partial charge on any atom is 0.338 e. The van der Waals surface area contributed by atoms with Crippen molar-refractivity contribution >= 4 is 17.6 Å². The maximum atomic E-state index is 12.7. The maximum absolute atomic E-state index is 12.7. The van der Waals surface area contributed by atoms with E-state index in [9.17, 15) is 9.59 Å². The van der Waals surface area contributed by atoms with Crippen LogP contribution in [0.2, 0.25) is 0 Å². The highest BCUT2D eigenvalue weighted by atomic mass is 16.5. The molecule has 1 amide bonds. The van der Waals surface area contributed by atoms with Gasteiger partial charge in [-0.3, -0.25) is 4.79 Å². The van der Waals surface area contributed by atoms with E-state index in [2.05, 4.69) is 12.2 Å². The molecule has 0 aliphatic carbocycles. The first-order chi connectivity index (χ1) is 13.0. The zero-order valence-corrected chi connectivity index (χ0v) is 16.4. The van der Waals surface area contributed by atoms with Crippen molar-refractivity contribution in [1.29, 1.82) is 0 Å². The Balaban J connectivity index is 2.11. The lowest BCUT2D eigenvalue weighted by Crippen LogP contribution is -2.32. The molecule has 0 aliphatic rings. The van der Waals surface area contributed by atoms with Crippen molar-refractivity contribution in [2.45, 2.75) is 46.6 Å². The van der Waals surface area contributed by atoms with Gasteiger partial charge in [0.05, 0.1) is 12.2 Å². The first-order valence-electron chi connectivity index (χ1n) is 9.33. The minimum atomic E-state index is -0.622. The predicted molar refractivity (Wildman–Crippen MR) is 106 cm³/mol. The van der Waals surface area contributed by atoms with Gasteiger partial charge in [-0.2, -0.15) is 0 Å². The topological polar surface area (TPSA) is 64.6 Å². The molecule has 5 nitrogen and oxygen atoms in total. The van der Waals surface area contributed by atoms with Crippen molar-refractivity contribution < 1.29 is 19.1 Å². The number of aryl methyl sites for hydroxylation is 1. The van der Waals surface area contributed by atoms with Crippen molar-refractivity contribution in [3.8, 4) is 5.75 Å². The van der Waals surface area contributed by atoms with Gasteiger partial charge in [0, 0.05) is 5.69 Å². The van der Waals surface area contributed by atoms with E-state index in [1.54, 1.807) is 32.0 Å². The van der Waals surface area contributed by atoms with Crippen molar-refractivity contribution in [3.63, 3.8) is 0 Å². The average molecular weight is 369 g/mol. The zero-order valence-electron chi connectivity index (χ0n) is 16.4. The Morgan fingerprint density at radius 1 is 1.04 bits per heavy atom. The number of anilines is 1. The van der Waals surface area contributed by atoms with Crippen LogP contribution in [0.5, 0.6) is 5.75 Å². The Labute approximate surface area is 160 Å². The van der Waals surface area contributed by atoms with E-state index in [1.807, 2.05) is 31.2 Å². The number of carbonyl (C=O) groups excluding carboxylic acids is 2. The molecule has 0 bridgehead atoms. The Bertz CT molecular complexity index is 783. The van der Waals surface area contributed by atoms with Gasteiger partial charge in [-0.25, -0.2) is 4.79 Å². The number of hydrogen-bond donors (Lipinski definition) is 1. The molecule has 2 aromatic carbocycles. The van der Waals surface area contributed by atoms with E-state index in [4.69, 9.17) is 9.47 Å². The molecule has 2 rings (SSSR count). The average Bonchev–Trinajstić information content (AvgIpc) is 2.68. The standard InChI is InChI=1S/C22H27NO4/c1-5-16-11-13-17(14-12-16)27-20(6-2)21(24)23-19-10-8-9-18(15(19)4)22(25)26-7-3/h8-14,20H,5-7H2,1-4H3,(H,23,24)/t20-/m1/s1. The number of hydrogen-bond acceptors (Lipinski definition) is 4. The van der Waals surface area contributed by atoms with Gasteiger partial charge in [0.25, 0.3) is 5.91 Å². The van der Waals surface area contributed by atoms with Gasteiger partial charge < -0.3 is 14.8 Å². The number of amides is 1. The summed E-state index contributed by atoms with van der Waals surface area (Å²) in [5.74, 6) is 0.0118. The van der Waals surface area contributed by atoms with Crippen LogP contribution in [-0.2, 0) is 16.0 Å². The van der Waals surface area contributed by atoms with Crippen molar-refractivity contribution in [2.24, 2.45) is 0 Å². The molecule has 2 aromatic rings. The van der Waals surface area contributed by atoms with Crippen molar-refractivity contribution in [3.05, 3.63) is 59.2 Å². The minimum Gasteiger partial charge on any atom is -0.481 e. The highest BCUT2D eigenvalue weighted by Crippen LogP contribution is 2.21. The summed E-state index contributed by atoms with van der Waals surface area (Å²) in [7, 11) is 0. The summed E-state index contributed by atoms with van der Waals surface area (Å²) in [4.78, 5) is 24.7. The molecule has 0 saturated heterocycles. The number of esters is 1. The van der Waals surface area contributed by atoms with Gasteiger partial charge in [-0.05, 0) is 62.1 Å². The summed E-state index contributed by atoms with van der Waals surface area (Å²) in [6.45, 7) is 7.83. The highest BCUT2D eigenvalue weighted by molar-refractivity contribution is 5.98. The summed E-state index contributed by atoms with van der Waals surface area (Å²) >= 11 is 0. The predicted octanol–water partition coefficient (Wildman–Crippen LogP) is 4.53. The molecule has 5 heteroatoms. The van der Waals surface area contributed by atoms with Gasteiger partial charge in [0.1, 0.15) is 5.75 Å². The third-order valence-corrected chi connectivity index (χ3v) is 4.36. The molecular formula is C22H27NO4. The van der Waals surface area contributed by atoms with Crippen molar-refractivity contribution in [1.82, 2.24) is 0 Å². The number of benzene rings is 2. The highest BCUT2D eigenvalue weighted by Gasteiger charge is 2.20. The molecule has 0 aliphatic heterocycles. The first-order valence-corrected chi connectivity index (χ1v) is 9.33. The van der Waals surface area contributed by atoms with Crippen LogP contribution in [0.4, 0.5) is 5.69 Å². The zero-order chi connectivity index (χ0) is 19.8. The van der Waals surface area contributed by atoms with Gasteiger partial charge in [-0.15, -0.1) is 0 Å². The SMILES string of the molecule is CCOC(=O)c1cccc(NC(=O)[C@@H](CC)Oc2ccc(CC)cc2)c1C. The summed E-state index contributed by atoms with van der Waals surface area (Å²) in [6.07, 6.45) is 0.856. The molecule has 0 spiro atoms. The van der Waals surface area contributed by atoms with E-state index in [1.165, 1.54) is 5.56 Å². The van der Waals surface area contributed by atoms with Crippen LogP contribution < -0.4 is 10.1 Å². The molecule has 1 atom stereocenters. The smallest absolute Gasteiger partial charge is 0.338 e. The van der Waals surface area contributed by atoms with Gasteiger partial charge >= 0.3 is 5.97 Å². The lowest BCUT2D eigenvalue weighted by atomic mass is 10.1. The third-order valence-electron chi connectivity index (χ3n) is 4.36. The minimum absolute atomic E-state index is 0.249. The largest absolute Gasteiger partial charge is 0.481 e. The van der Waals surface area contributed by atoms with Gasteiger partial charge in [0.15, 0.2) is 6.10 Å².